The molecule has 0 radical (unpaired) electrons. The molecule has 3 atom stereocenters. The van der Waals surface area contributed by atoms with Crippen LogP contribution in [0, 0.1) is 11.3 Å². The van der Waals surface area contributed by atoms with Crippen LogP contribution in [0.25, 0.3) is 0 Å². The van der Waals surface area contributed by atoms with Crippen LogP contribution in [0.2, 0.25) is 0 Å². The Balaban J connectivity index is 1.60. The van der Waals surface area contributed by atoms with Crippen LogP contribution < -0.4 is 5.32 Å². The first-order chi connectivity index (χ1) is 11.4. The molecule has 134 valence electrons. The minimum atomic E-state index is -0.0364. The predicted molar refractivity (Wildman–Crippen MR) is 92.7 cm³/mol. The fourth-order valence-corrected chi connectivity index (χ4v) is 3.79. The summed E-state index contributed by atoms with van der Waals surface area (Å²) < 4.78 is 11.4. The van der Waals surface area contributed by atoms with Gasteiger partial charge in [0, 0.05) is 25.1 Å². The van der Waals surface area contributed by atoms with Crippen molar-refractivity contribution in [1.29, 1.82) is 0 Å². The molecule has 1 aliphatic heterocycles. The van der Waals surface area contributed by atoms with E-state index in [1.165, 1.54) is 0 Å². The van der Waals surface area contributed by atoms with E-state index in [0.717, 1.165) is 31.6 Å². The van der Waals surface area contributed by atoms with Crippen LogP contribution in [0.5, 0.6) is 0 Å². The molecule has 1 aromatic heterocycles. The monoisotopic (exact) mass is 334 g/mol. The number of carbonyl (C=O) groups is 1. The first kappa shape index (κ1) is 17.3. The number of hydrogen-bond donors (Lipinski definition) is 1. The minimum absolute atomic E-state index is 0.0148. The lowest BCUT2D eigenvalue weighted by atomic mass is 9.81. The molecule has 1 saturated carbocycles. The van der Waals surface area contributed by atoms with Gasteiger partial charge in [-0.3, -0.25) is 0 Å². The third-order valence-electron chi connectivity index (χ3n) is 5.13. The fourth-order valence-electron chi connectivity index (χ4n) is 3.79. The number of nitrogens with zero attached hydrogens (tertiary/aromatic N) is 1. The average molecular weight is 334 g/mol. The number of amides is 2. The van der Waals surface area contributed by atoms with Gasteiger partial charge in [0.2, 0.25) is 0 Å². The highest BCUT2D eigenvalue weighted by Gasteiger charge is 2.40. The van der Waals surface area contributed by atoms with E-state index in [0.29, 0.717) is 18.5 Å². The molecule has 3 rings (SSSR count). The largest absolute Gasteiger partial charge is 0.467 e. The van der Waals surface area contributed by atoms with E-state index in [4.69, 9.17) is 9.15 Å². The summed E-state index contributed by atoms with van der Waals surface area (Å²) in [5, 5.41) is 3.16. The maximum absolute atomic E-state index is 12.8. The fraction of sp³-hybridized carbons (Fsp3) is 0.737. The topological polar surface area (TPSA) is 54.7 Å². The van der Waals surface area contributed by atoms with Crippen molar-refractivity contribution < 1.29 is 13.9 Å². The molecule has 2 heterocycles. The van der Waals surface area contributed by atoms with E-state index in [2.05, 4.69) is 26.1 Å². The van der Waals surface area contributed by atoms with Crippen molar-refractivity contribution in [2.24, 2.45) is 11.3 Å². The van der Waals surface area contributed by atoms with Crippen molar-refractivity contribution >= 4 is 6.03 Å². The summed E-state index contributed by atoms with van der Waals surface area (Å²) in [5.74, 6) is 1.22. The molecular formula is C19H30N2O3. The van der Waals surface area contributed by atoms with Gasteiger partial charge in [0.25, 0.3) is 0 Å². The van der Waals surface area contributed by atoms with Gasteiger partial charge in [-0.2, -0.15) is 0 Å². The van der Waals surface area contributed by atoms with E-state index in [1.54, 1.807) is 6.26 Å². The molecule has 2 amide bonds. The SMILES string of the molecule is C[C@H](c1ccco1)N(C(=O)NC[C@@H]1CCO[C@@H]1C(C)(C)C)C1CC1. The maximum Gasteiger partial charge on any atom is 0.318 e. The van der Waals surface area contributed by atoms with Gasteiger partial charge in [0.1, 0.15) is 5.76 Å². The quantitative estimate of drug-likeness (QED) is 0.886. The van der Waals surface area contributed by atoms with Gasteiger partial charge in [-0.25, -0.2) is 4.79 Å². The van der Waals surface area contributed by atoms with Gasteiger partial charge < -0.3 is 19.4 Å². The Morgan fingerprint density at radius 3 is 2.71 bits per heavy atom. The number of urea groups is 1. The van der Waals surface area contributed by atoms with Crippen molar-refractivity contribution in [1.82, 2.24) is 10.2 Å². The van der Waals surface area contributed by atoms with Gasteiger partial charge in [-0.1, -0.05) is 20.8 Å². The van der Waals surface area contributed by atoms with Crippen molar-refractivity contribution in [3.63, 3.8) is 0 Å². The van der Waals surface area contributed by atoms with Crippen molar-refractivity contribution in [3.05, 3.63) is 24.2 Å². The average Bonchev–Trinajstić information content (AvgIpc) is 3.05. The summed E-state index contributed by atoms with van der Waals surface area (Å²) in [6.45, 7) is 10.1. The van der Waals surface area contributed by atoms with Gasteiger partial charge in [0.05, 0.1) is 18.4 Å². The van der Waals surface area contributed by atoms with Crippen LogP contribution in [0.15, 0.2) is 22.8 Å². The van der Waals surface area contributed by atoms with Gasteiger partial charge in [-0.05, 0) is 43.7 Å². The molecular weight excluding hydrogens is 304 g/mol. The summed E-state index contributed by atoms with van der Waals surface area (Å²) in [7, 11) is 0. The minimum Gasteiger partial charge on any atom is -0.467 e. The Kier molecular flexibility index (Phi) is 4.90. The van der Waals surface area contributed by atoms with Crippen molar-refractivity contribution in [3.8, 4) is 0 Å². The summed E-state index contributed by atoms with van der Waals surface area (Å²) in [6.07, 6.45) is 5.04. The van der Waals surface area contributed by atoms with Gasteiger partial charge in [-0.15, -0.1) is 0 Å². The second kappa shape index (κ2) is 6.79. The lowest BCUT2D eigenvalue weighted by molar-refractivity contribution is 0.00744. The standard InChI is InChI=1S/C19H30N2O3/c1-13(16-6-5-10-23-16)21(15-7-8-15)18(22)20-12-14-9-11-24-17(14)19(2,3)4/h5-6,10,13-15,17H,7-9,11-12H2,1-4H3,(H,20,22)/t13-,14+,17+/m1/s1. The summed E-state index contributed by atoms with van der Waals surface area (Å²) in [6, 6.07) is 4.13. The van der Waals surface area contributed by atoms with Crippen molar-refractivity contribution in [2.75, 3.05) is 13.2 Å². The van der Waals surface area contributed by atoms with E-state index < -0.39 is 0 Å². The van der Waals surface area contributed by atoms with E-state index in [9.17, 15) is 4.79 Å². The molecule has 0 bridgehead atoms. The zero-order chi connectivity index (χ0) is 17.3. The van der Waals surface area contributed by atoms with Crippen molar-refractivity contribution in [2.45, 2.75) is 65.1 Å². The molecule has 1 aliphatic carbocycles. The highest BCUT2D eigenvalue weighted by Crippen LogP contribution is 2.36. The van der Waals surface area contributed by atoms with Gasteiger partial charge >= 0.3 is 6.03 Å². The van der Waals surface area contributed by atoms with Gasteiger partial charge in [0.15, 0.2) is 0 Å². The number of nitrogens with one attached hydrogen (secondary N) is 1. The molecule has 5 nitrogen and oxygen atoms in total. The Hall–Kier alpha value is -1.49. The Labute approximate surface area is 144 Å². The third-order valence-corrected chi connectivity index (χ3v) is 5.13. The molecule has 0 unspecified atom stereocenters. The summed E-state index contributed by atoms with van der Waals surface area (Å²) in [4.78, 5) is 14.8. The highest BCUT2D eigenvalue weighted by atomic mass is 16.5. The first-order valence-corrected chi connectivity index (χ1v) is 9.09. The number of hydrogen-bond acceptors (Lipinski definition) is 3. The molecule has 2 aliphatic rings. The zero-order valence-corrected chi connectivity index (χ0v) is 15.2. The van der Waals surface area contributed by atoms with E-state index >= 15 is 0 Å². The lowest BCUT2D eigenvalue weighted by Crippen LogP contribution is -2.46. The van der Waals surface area contributed by atoms with Crippen LogP contribution in [0.3, 0.4) is 0 Å². The molecule has 1 aromatic rings. The van der Waals surface area contributed by atoms with E-state index in [-0.39, 0.29) is 23.6 Å². The predicted octanol–water partition coefficient (Wildman–Crippen LogP) is 3.97. The summed E-state index contributed by atoms with van der Waals surface area (Å²) >= 11 is 0. The molecule has 1 N–H and O–H groups in total. The normalized spacial score (nSPS) is 25.5. The second-order valence-corrected chi connectivity index (χ2v) is 8.22. The zero-order valence-electron chi connectivity index (χ0n) is 15.2. The molecule has 5 heteroatoms. The van der Waals surface area contributed by atoms with Crippen LogP contribution >= 0.6 is 0 Å². The van der Waals surface area contributed by atoms with Crippen LogP contribution in [-0.2, 0) is 4.74 Å². The maximum atomic E-state index is 12.8. The molecule has 2 fully saturated rings. The Morgan fingerprint density at radius 2 is 2.12 bits per heavy atom. The molecule has 0 spiro atoms. The molecule has 1 saturated heterocycles. The Morgan fingerprint density at radius 1 is 1.38 bits per heavy atom. The lowest BCUT2D eigenvalue weighted by Gasteiger charge is -2.32. The van der Waals surface area contributed by atoms with Crippen LogP contribution in [-0.4, -0.2) is 36.2 Å². The van der Waals surface area contributed by atoms with E-state index in [1.807, 2.05) is 24.0 Å². The van der Waals surface area contributed by atoms with Crippen LogP contribution in [0.4, 0.5) is 4.79 Å². The Bertz CT molecular complexity index is 545. The smallest absolute Gasteiger partial charge is 0.318 e. The highest BCUT2D eigenvalue weighted by molar-refractivity contribution is 5.75. The number of rotatable bonds is 5. The molecule has 0 aromatic carbocycles. The first-order valence-electron chi connectivity index (χ1n) is 9.09. The number of carbonyl (C=O) groups excluding carboxylic acids is 1. The number of furan rings is 1. The summed E-state index contributed by atoms with van der Waals surface area (Å²) in [5.41, 5.74) is 0.101. The molecule has 24 heavy (non-hydrogen) atoms. The second-order valence-electron chi connectivity index (χ2n) is 8.22. The third kappa shape index (κ3) is 3.77. The van der Waals surface area contributed by atoms with Crippen LogP contribution in [0.1, 0.15) is 58.8 Å². The number of ether oxygens (including phenoxy) is 1.